The number of nitrogens with zero attached hydrogens (tertiary/aromatic N) is 6. The summed E-state index contributed by atoms with van der Waals surface area (Å²) in [6, 6.07) is 12.3. The van der Waals surface area contributed by atoms with Crippen molar-refractivity contribution in [2.45, 2.75) is 27.7 Å². The Morgan fingerprint density at radius 2 is 1.00 bits per heavy atom. The maximum atomic E-state index is 4.25. The molecule has 0 fully saturated rings. The largest absolute Gasteiger partial charge is 0.378 e. The number of hydrogen-bond acceptors (Lipinski definition) is 8. The molecule has 2 N–H and O–H groups in total. The minimum Gasteiger partial charge on any atom is -0.378 e. The Morgan fingerprint density at radius 3 is 1.34 bits per heavy atom. The van der Waals surface area contributed by atoms with Crippen molar-refractivity contribution >= 4 is 35.4 Å². The molecule has 0 spiro atoms. The molecular formula is C24H22N8Y3-2. The van der Waals surface area contributed by atoms with Gasteiger partial charge in [-0.3, -0.25) is 0 Å². The van der Waals surface area contributed by atoms with Crippen molar-refractivity contribution in [2.75, 3.05) is 10.6 Å². The van der Waals surface area contributed by atoms with E-state index >= 15 is 0 Å². The molecule has 11 heteroatoms. The quantitative estimate of drug-likeness (QED) is 0.225. The van der Waals surface area contributed by atoms with Gasteiger partial charge < -0.3 is 40.5 Å². The van der Waals surface area contributed by atoms with Crippen molar-refractivity contribution in [1.29, 1.82) is 0 Å². The summed E-state index contributed by atoms with van der Waals surface area (Å²) in [5.41, 5.74) is 6.36. The van der Waals surface area contributed by atoms with Gasteiger partial charge >= 0.3 is 0 Å². The molecule has 2 heterocycles. The Bertz CT molecular complexity index is 1200. The summed E-state index contributed by atoms with van der Waals surface area (Å²) < 4.78 is 0. The molecule has 4 rings (SSSR count). The van der Waals surface area contributed by atoms with E-state index in [1.54, 1.807) is 13.8 Å². The van der Waals surface area contributed by atoms with E-state index in [1.165, 1.54) is 0 Å². The van der Waals surface area contributed by atoms with E-state index < -0.39 is 0 Å². The van der Waals surface area contributed by atoms with Crippen molar-refractivity contribution in [1.82, 2.24) is 29.9 Å². The number of anilines is 4. The van der Waals surface area contributed by atoms with Crippen LogP contribution in [0.1, 0.15) is 33.9 Å². The third kappa shape index (κ3) is 9.49. The average Bonchev–Trinajstić information content (AvgIpc) is 2.74. The summed E-state index contributed by atoms with van der Waals surface area (Å²) in [5, 5.41) is 6.37. The fraction of sp³-hybridized carbons (Fsp3) is 0.167. The predicted molar refractivity (Wildman–Crippen MR) is 125 cm³/mol. The topological polar surface area (TPSA) is 101 Å². The van der Waals surface area contributed by atoms with Crippen molar-refractivity contribution < 1.29 is 98.1 Å². The molecule has 0 amide bonds. The van der Waals surface area contributed by atoms with Crippen LogP contribution < -0.4 is 10.6 Å². The summed E-state index contributed by atoms with van der Waals surface area (Å²) >= 11 is 0. The number of hydrogen-bond donors (Lipinski definition) is 2. The molecule has 4 aromatic rings. The molecule has 0 saturated carbocycles. The summed E-state index contributed by atoms with van der Waals surface area (Å²) in [7, 11) is 0. The van der Waals surface area contributed by atoms with Crippen LogP contribution in [0.5, 0.6) is 0 Å². The second kappa shape index (κ2) is 15.4. The zero-order valence-electron chi connectivity index (χ0n) is 20.0. The van der Waals surface area contributed by atoms with E-state index in [0.717, 1.165) is 33.6 Å². The van der Waals surface area contributed by atoms with Crippen LogP contribution in [0.15, 0.2) is 36.4 Å². The third-order valence-corrected chi connectivity index (χ3v) is 4.77. The summed E-state index contributed by atoms with van der Waals surface area (Å²) in [5.74, 6) is 2.21. The molecule has 169 valence electrons. The van der Waals surface area contributed by atoms with E-state index in [4.69, 9.17) is 0 Å². The van der Waals surface area contributed by atoms with Gasteiger partial charge in [0.1, 0.15) is 11.9 Å². The fourth-order valence-corrected chi connectivity index (χ4v) is 3.13. The van der Waals surface area contributed by atoms with E-state index in [9.17, 15) is 0 Å². The van der Waals surface area contributed by atoms with Gasteiger partial charge in [-0.25, -0.2) is 0 Å². The molecule has 0 aliphatic rings. The van der Waals surface area contributed by atoms with Crippen LogP contribution in [0.25, 0.3) is 12.2 Å². The van der Waals surface area contributed by atoms with Crippen molar-refractivity contribution in [3.63, 3.8) is 0 Å². The molecule has 8 nitrogen and oxygen atoms in total. The van der Waals surface area contributed by atoms with E-state index in [1.807, 2.05) is 12.1 Å². The Labute approximate surface area is 281 Å². The Balaban J connectivity index is 0.00000204. The average molecular weight is 689 g/mol. The zero-order chi connectivity index (χ0) is 22.5. The summed E-state index contributed by atoms with van der Waals surface area (Å²) in [6.07, 6.45) is 9.40. The van der Waals surface area contributed by atoms with Crippen molar-refractivity contribution in [3.05, 3.63) is 83.0 Å². The first-order valence-electron chi connectivity index (χ1n) is 10.1. The maximum absolute atomic E-state index is 4.25. The molecule has 35 heavy (non-hydrogen) atoms. The number of benzene rings is 2. The molecule has 2 aromatic carbocycles. The van der Waals surface area contributed by atoms with Gasteiger partial charge in [-0.1, -0.05) is 38.1 Å². The summed E-state index contributed by atoms with van der Waals surface area (Å²) in [6.45, 7) is 7.76. The van der Waals surface area contributed by atoms with Crippen LogP contribution in [0, 0.1) is 40.3 Å². The van der Waals surface area contributed by atoms with Gasteiger partial charge in [0.15, 0.2) is 0 Å². The number of aryl methyl sites for hydroxylation is 4. The Kier molecular flexibility index (Phi) is 14.1. The van der Waals surface area contributed by atoms with Crippen LogP contribution in [0.3, 0.4) is 0 Å². The van der Waals surface area contributed by atoms with Crippen molar-refractivity contribution in [2.24, 2.45) is 0 Å². The van der Waals surface area contributed by atoms with Gasteiger partial charge in [0, 0.05) is 134 Å². The molecule has 0 unspecified atom stereocenters. The first-order valence-corrected chi connectivity index (χ1v) is 10.1. The number of nitrogens with one attached hydrogen (secondary N) is 2. The second-order valence-corrected chi connectivity index (χ2v) is 7.34. The van der Waals surface area contributed by atoms with E-state index in [2.05, 4.69) is 103 Å². The van der Waals surface area contributed by atoms with Crippen LogP contribution >= 0.6 is 0 Å². The number of aromatic nitrogens is 6. The monoisotopic (exact) mass is 689 g/mol. The maximum Gasteiger partial charge on any atom is 0.113 e. The van der Waals surface area contributed by atoms with E-state index in [-0.39, 0.29) is 98.1 Å². The molecule has 3 radical (unpaired) electrons. The second-order valence-electron chi connectivity index (χ2n) is 7.34. The minimum atomic E-state index is 0. The van der Waals surface area contributed by atoms with Crippen LogP contribution in [-0.4, -0.2) is 29.9 Å². The smallest absolute Gasteiger partial charge is 0.113 e. The van der Waals surface area contributed by atoms with Gasteiger partial charge in [0.25, 0.3) is 0 Å². The predicted octanol–water partition coefficient (Wildman–Crippen LogP) is 4.54. The Hall–Kier alpha value is -0.888. The zero-order valence-corrected chi connectivity index (χ0v) is 28.5. The van der Waals surface area contributed by atoms with Gasteiger partial charge in [-0.15, -0.1) is 0 Å². The van der Waals surface area contributed by atoms with Crippen LogP contribution in [-0.2, 0) is 98.1 Å². The van der Waals surface area contributed by atoms with Crippen LogP contribution in [0.4, 0.5) is 23.3 Å². The minimum absolute atomic E-state index is 0. The van der Waals surface area contributed by atoms with E-state index in [0.29, 0.717) is 23.5 Å². The third-order valence-electron chi connectivity index (χ3n) is 4.77. The molecule has 0 bridgehead atoms. The fourth-order valence-electron chi connectivity index (χ4n) is 3.13. The van der Waals surface area contributed by atoms with Crippen LogP contribution in [0.2, 0.25) is 0 Å². The first kappa shape index (κ1) is 32.1. The summed E-state index contributed by atoms with van der Waals surface area (Å²) in [4.78, 5) is 24.3. The normalized spacial score (nSPS) is 10.1. The molecule has 2 aromatic heterocycles. The molecular weight excluding hydrogens is 667 g/mol. The Morgan fingerprint density at radius 1 is 0.600 bits per heavy atom. The standard InChI is InChI=1S/C24H22N8.3Y/c1-15-11-21(31-23-27-13-25-17(3)29-23)9-7-19(15)5-6-20-8-10-22(12-16(20)2)32-24-28-14-26-18(4)30-24;;;/h5-12H,1-4H3,(H,25,27,29,31)(H,26,28,30,32);;;/q-2;;;. The van der Waals surface area contributed by atoms with Crippen molar-refractivity contribution in [3.8, 4) is 0 Å². The van der Waals surface area contributed by atoms with Gasteiger partial charge in [-0.2, -0.15) is 0 Å². The SMILES string of the molecule is Cc1n[c-]nc(Nc2ccc(C=Cc3ccc(Nc4n[c-]nc(C)n4)cc3C)c(C)c2)n1.[Y].[Y].[Y]. The van der Waals surface area contributed by atoms with Gasteiger partial charge in [0.2, 0.25) is 0 Å². The van der Waals surface area contributed by atoms with Gasteiger partial charge in [-0.05, 0) is 60.4 Å². The number of rotatable bonds is 6. The molecule has 0 atom stereocenters. The first-order chi connectivity index (χ1) is 15.5. The molecule has 0 aliphatic heterocycles. The molecule has 0 saturated heterocycles. The van der Waals surface area contributed by atoms with Gasteiger partial charge in [0.05, 0.1) is 0 Å². The molecule has 0 aliphatic carbocycles.